The van der Waals surface area contributed by atoms with Gasteiger partial charge in [-0.2, -0.15) is 10.4 Å². The Bertz CT molecular complexity index is 553. The third kappa shape index (κ3) is 7.58. The molecule has 6 nitrogen and oxygen atoms in total. The second-order valence-corrected chi connectivity index (χ2v) is 5.53. The van der Waals surface area contributed by atoms with Crippen LogP contribution in [0.3, 0.4) is 0 Å². The number of anilines is 1. The van der Waals surface area contributed by atoms with Crippen LogP contribution in [0.15, 0.2) is 29.4 Å². The van der Waals surface area contributed by atoms with Crippen LogP contribution in [0.4, 0.5) is 5.69 Å². The van der Waals surface area contributed by atoms with E-state index in [9.17, 15) is 0 Å². The predicted octanol–water partition coefficient (Wildman–Crippen LogP) is 1.87. The molecule has 1 atom stereocenters. The predicted molar refractivity (Wildman–Crippen MR) is 97.7 cm³/mol. The maximum absolute atomic E-state index is 8.61. The van der Waals surface area contributed by atoms with Gasteiger partial charge in [0.15, 0.2) is 5.11 Å². The van der Waals surface area contributed by atoms with Crippen LogP contribution < -0.4 is 15.6 Å². The standard InChI is InChI=1S/C16H23N5OS/c1-13(12-22-3)19-16(23)20-18-11-14-5-7-15(8-6-14)21(2)10-4-9-17/h5-8,11,13H,4,10,12H2,1-3H3,(H2,19,20,23)/b18-11-/t13-/m1/s1. The smallest absolute Gasteiger partial charge is 0.187 e. The molecule has 0 aliphatic carbocycles. The van der Waals surface area contributed by atoms with Gasteiger partial charge in [-0.3, -0.25) is 5.43 Å². The van der Waals surface area contributed by atoms with Crippen molar-refractivity contribution in [3.8, 4) is 6.07 Å². The number of rotatable bonds is 8. The number of hydrazone groups is 1. The van der Waals surface area contributed by atoms with Crippen LogP contribution in [-0.2, 0) is 4.74 Å². The Morgan fingerprint density at radius 1 is 1.48 bits per heavy atom. The van der Waals surface area contributed by atoms with Crippen LogP contribution in [0.25, 0.3) is 0 Å². The molecule has 7 heteroatoms. The van der Waals surface area contributed by atoms with E-state index >= 15 is 0 Å². The van der Waals surface area contributed by atoms with E-state index in [4.69, 9.17) is 22.2 Å². The van der Waals surface area contributed by atoms with Crippen molar-refractivity contribution in [2.45, 2.75) is 19.4 Å². The van der Waals surface area contributed by atoms with E-state index in [1.165, 1.54) is 0 Å². The molecule has 1 rings (SSSR count). The van der Waals surface area contributed by atoms with Gasteiger partial charge in [0.1, 0.15) is 0 Å². The molecule has 0 heterocycles. The molecule has 0 bridgehead atoms. The zero-order valence-electron chi connectivity index (χ0n) is 13.7. The Morgan fingerprint density at radius 2 is 2.17 bits per heavy atom. The topological polar surface area (TPSA) is 72.7 Å². The number of benzene rings is 1. The fraction of sp³-hybridized carbons (Fsp3) is 0.438. The summed E-state index contributed by atoms with van der Waals surface area (Å²) in [5, 5.41) is 16.2. The number of ether oxygens (including phenoxy) is 1. The van der Waals surface area contributed by atoms with Gasteiger partial charge in [-0.15, -0.1) is 0 Å². The monoisotopic (exact) mass is 333 g/mol. The second kappa shape index (κ2) is 10.5. The third-order valence-electron chi connectivity index (χ3n) is 3.07. The molecule has 0 saturated carbocycles. The maximum Gasteiger partial charge on any atom is 0.187 e. The Hall–Kier alpha value is -2.17. The molecule has 0 radical (unpaired) electrons. The number of nitrogens with zero attached hydrogens (tertiary/aromatic N) is 3. The van der Waals surface area contributed by atoms with E-state index in [0.29, 0.717) is 24.7 Å². The number of nitriles is 1. The van der Waals surface area contributed by atoms with Gasteiger partial charge in [-0.1, -0.05) is 12.1 Å². The highest BCUT2D eigenvalue weighted by Crippen LogP contribution is 2.13. The van der Waals surface area contributed by atoms with Gasteiger partial charge in [0.2, 0.25) is 0 Å². The summed E-state index contributed by atoms with van der Waals surface area (Å²) in [4.78, 5) is 2.04. The fourth-order valence-electron chi connectivity index (χ4n) is 1.87. The Balaban J connectivity index is 2.45. The van der Waals surface area contributed by atoms with Crippen molar-refractivity contribution >= 4 is 29.2 Å². The average molecular weight is 333 g/mol. The molecule has 0 amide bonds. The molecule has 0 unspecified atom stereocenters. The first-order valence-corrected chi connectivity index (χ1v) is 7.74. The SMILES string of the molecule is COC[C@@H](C)NC(=S)N/N=C\c1ccc(N(C)CCC#N)cc1. The van der Waals surface area contributed by atoms with Crippen molar-refractivity contribution in [3.05, 3.63) is 29.8 Å². The van der Waals surface area contributed by atoms with Gasteiger partial charge in [0.25, 0.3) is 0 Å². The summed E-state index contributed by atoms with van der Waals surface area (Å²) >= 11 is 5.13. The van der Waals surface area contributed by atoms with E-state index in [1.54, 1.807) is 13.3 Å². The number of hydrogen-bond donors (Lipinski definition) is 2. The lowest BCUT2D eigenvalue weighted by Crippen LogP contribution is -2.40. The zero-order valence-corrected chi connectivity index (χ0v) is 14.6. The first-order chi connectivity index (χ1) is 11.1. The quantitative estimate of drug-likeness (QED) is 0.430. The van der Waals surface area contributed by atoms with Gasteiger partial charge in [0.05, 0.1) is 25.3 Å². The molecule has 0 saturated heterocycles. The zero-order chi connectivity index (χ0) is 17.1. The van der Waals surface area contributed by atoms with Crippen molar-refractivity contribution in [3.63, 3.8) is 0 Å². The summed E-state index contributed by atoms with van der Waals surface area (Å²) in [6.45, 7) is 3.26. The second-order valence-electron chi connectivity index (χ2n) is 5.12. The molecule has 1 aromatic carbocycles. The summed E-state index contributed by atoms with van der Waals surface area (Å²) in [5.74, 6) is 0. The van der Waals surface area contributed by atoms with Crippen LogP contribution in [0, 0.1) is 11.3 Å². The lowest BCUT2D eigenvalue weighted by Gasteiger charge is -2.17. The number of thiocarbonyl (C=S) groups is 1. The lowest BCUT2D eigenvalue weighted by molar-refractivity contribution is 0.179. The number of hydrogen-bond acceptors (Lipinski definition) is 5. The normalized spacial score (nSPS) is 11.7. The van der Waals surface area contributed by atoms with Gasteiger partial charge in [0, 0.05) is 32.4 Å². The van der Waals surface area contributed by atoms with E-state index in [-0.39, 0.29) is 6.04 Å². The first kappa shape index (κ1) is 18.9. The van der Waals surface area contributed by atoms with E-state index in [1.807, 2.05) is 43.1 Å². The van der Waals surface area contributed by atoms with Crippen molar-refractivity contribution in [2.75, 3.05) is 32.2 Å². The molecule has 1 aromatic rings. The third-order valence-corrected chi connectivity index (χ3v) is 3.28. The Labute approximate surface area is 143 Å². The molecule has 0 spiro atoms. The molecule has 0 fully saturated rings. The minimum atomic E-state index is 0.124. The molecule has 0 aliphatic heterocycles. The van der Waals surface area contributed by atoms with Crippen molar-refractivity contribution in [1.29, 1.82) is 5.26 Å². The molecule has 124 valence electrons. The minimum absolute atomic E-state index is 0.124. The minimum Gasteiger partial charge on any atom is -0.383 e. The summed E-state index contributed by atoms with van der Waals surface area (Å²) in [5.41, 5.74) is 4.80. The van der Waals surface area contributed by atoms with Gasteiger partial charge < -0.3 is 15.0 Å². The Morgan fingerprint density at radius 3 is 2.78 bits per heavy atom. The van der Waals surface area contributed by atoms with Crippen LogP contribution in [-0.4, -0.2) is 44.7 Å². The molecular weight excluding hydrogens is 310 g/mol. The highest BCUT2D eigenvalue weighted by molar-refractivity contribution is 7.80. The van der Waals surface area contributed by atoms with Crippen molar-refractivity contribution in [1.82, 2.24) is 10.7 Å². The van der Waals surface area contributed by atoms with Crippen molar-refractivity contribution in [2.24, 2.45) is 5.10 Å². The summed E-state index contributed by atoms with van der Waals surface area (Å²) in [6.07, 6.45) is 2.21. The molecule has 0 aromatic heterocycles. The van der Waals surface area contributed by atoms with Crippen LogP contribution >= 0.6 is 12.2 Å². The molecule has 23 heavy (non-hydrogen) atoms. The van der Waals surface area contributed by atoms with Gasteiger partial charge in [-0.25, -0.2) is 0 Å². The maximum atomic E-state index is 8.61. The average Bonchev–Trinajstić information content (AvgIpc) is 2.53. The van der Waals surface area contributed by atoms with Crippen LogP contribution in [0.5, 0.6) is 0 Å². The van der Waals surface area contributed by atoms with Crippen LogP contribution in [0.2, 0.25) is 0 Å². The van der Waals surface area contributed by atoms with E-state index < -0.39 is 0 Å². The summed E-state index contributed by atoms with van der Waals surface area (Å²) < 4.78 is 5.02. The van der Waals surface area contributed by atoms with E-state index in [2.05, 4.69) is 21.9 Å². The highest BCUT2D eigenvalue weighted by atomic mass is 32.1. The van der Waals surface area contributed by atoms with Gasteiger partial charge >= 0.3 is 0 Å². The highest BCUT2D eigenvalue weighted by Gasteiger charge is 2.02. The van der Waals surface area contributed by atoms with Gasteiger partial charge in [-0.05, 0) is 36.8 Å². The number of methoxy groups -OCH3 is 1. The van der Waals surface area contributed by atoms with Crippen molar-refractivity contribution < 1.29 is 4.74 Å². The lowest BCUT2D eigenvalue weighted by atomic mass is 10.2. The summed E-state index contributed by atoms with van der Waals surface area (Å²) in [7, 11) is 3.61. The first-order valence-electron chi connectivity index (χ1n) is 7.33. The molecule has 0 aliphatic rings. The Kier molecular flexibility index (Phi) is 8.65. The molecular formula is C16H23N5OS. The summed E-state index contributed by atoms with van der Waals surface area (Å²) in [6, 6.07) is 10.2. The largest absolute Gasteiger partial charge is 0.383 e. The van der Waals surface area contributed by atoms with Crippen LogP contribution in [0.1, 0.15) is 18.9 Å². The molecule has 2 N–H and O–H groups in total. The van der Waals surface area contributed by atoms with E-state index in [0.717, 1.165) is 11.3 Å². The number of nitrogens with one attached hydrogen (secondary N) is 2. The fourth-order valence-corrected chi connectivity index (χ4v) is 2.13.